The van der Waals surface area contributed by atoms with Crippen molar-refractivity contribution < 1.29 is 4.79 Å². The summed E-state index contributed by atoms with van der Waals surface area (Å²) in [6, 6.07) is 0. The molecule has 0 aliphatic rings. The Morgan fingerprint density at radius 3 is 2.86 bits per heavy atom. The first-order chi connectivity index (χ1) is 6.74. The van der Waals surface area contributed by atoms with Gasteiger partial charge < -0.3 is 11.1 Å². The summed E-state index contributed by atoms with van der Waals surface area (Å²) in [7, 11) is 0. The number of hydrogen-bond acceptors (Lipinski definition) is 4. The van der Waals surface area contributed by atoms with Crippen molar-refractivity contribution in [2.75, 3.05) is 13.1 Å². The number of carbonyl (C=O) groups is 1. The van der Waals surface area contributed by atoms with E-state index in [1.165, 1.54) is 12.4 Å². The molecule has 0 aromatic carbocycles. The molecule has 0 bridgehead atoms. The van der Waals surface area contributed by atoms with Crippen LogP contribution in [-0.2, 0) is 0 Å². The molecule has 1 heterocycles. The van der Waals surface area contributed by atoms with Gasteiger partial charge in [-0.25, -0.2) is 9.97 Å². The van der Waals surface area contributed by atoms with E-state index in [0.29, 0.717) is 13.1 Å². The lowest BCUT2D eigenvalue weighted by Crippen LogP contribution is -2.26. The van der Waals surface area contributed by atoms with Gasteiger partial charge in [0.25, 0.3) is 5.91 Å². The van der Waals surface area contributed by atoms with Crippen LogP contribution in [0.4, 0.5) is 0 Å². The molecule has 1 aromatic rings. The maximum Gasteiger partial charge on any atom is 0.271 e. The van der Waals surface area contributed by atoms with E-state index < -0.39 is 0 Å². The molecule has 0 saturated heterocycles. The van der Waals surface area contributed by atoms with Crippen LogP contribution in [0.3, 0.4) is 0 Å². The summed E-state index contributed by atoms with van der Waals surface area (Å²) >= 11 is 5.52. The SMILES string of the molecule is NCCCNC(=O)c1cnc(Cl)cn1. The lowest BCUT2D eigenvalue weighted by molar-refractivity contribution is 0.0948. The first kappa shape index (κ1) is 10.9. The lowest BCUT2D eigenvalue weighted by atomic mass is 10.4. The third-order valence-electron chi connectivity index (χ3n) is 1.52. The number of halogens is 1. The summed E-state index contributed by atoms with van der Waals surface area (Å²) in [4.78, 5) is 18.9. The number of amides is 1. The highest BCUT2D eigenvalue weighted by atomic mass is 35.5. The Morgan fingerprint density at radius 2 is 2.29 bits per heavy atom. The van der Waals surface area contributed by atoms with Crippen LogP contribution < -0.4 is 11.1 Å². The molecule has 1 amide bonds. The van der Waals surface area contributed by atoms with Crippen molar-refractivity contribution in [2.24, 2.45) is 5.73 Å². The molecule has 76 valence electrons. The second kappa shape index (κ2) is 5.51. The molecule has 1 aromatic heterocycles. The number of nitrogens with zero attached hydrogens (tertiary/aromatic N) is 2. The zero-order chi connectivity index (χ0) is 10.4. The van der Waals surface area contributed by atoms with Gasteiger partial charge in [0.05, 0.1) is 12.4 Å². The highest BCUT2D eigenvalue weighted by Gasteiger charge is 2.05. The Bertz CT molecular complexity index is 301. The van der Waals surface area contributed by atoms with Crippen molar-refractivity contribution >= 4 is 17.5 Å². The van der Waals surface area contributed by atoms with E-state index in [2.05, 4.69) is 15.3 Å². The van der Waals surface area contributed by atoms with Crippen molar-refractivity contribution in [1.29, 1.82) is 0 Å². The van der Waals surface area contributed by atoms with Crippen molar-refractivity contribution in [2.45, 2.75) is 6.42 Å². The zero-order valence-corrected chi connectivity index (χ0v) is 8.29. The highest BCUT2D eigenvalue weighted by Crippen LogP contribution is 2.00. The number of nitrogens with two attached hydrogens (primary N) is 1. The van der Waals surface area contributed by atoms with Crippen LogP contribution >= 0.6 is 11.6 Å². The average molecular weight is 215 g/mol. The quantitative estimate of drug-likeness (QED) is 0.702. The molecular weight excluding hydrogens is 204 g/mol. The molecule has 3 N–H and O–H groups in total. The monoisotopic (exact) mass is 214 g/mol. The third-order valence-corrected chi connectivity index (χ3v) is 1.71. The molecule has 0 unspecified atom stereocenters. The van der Waals surface area contributed by atoms with Crippen molar-refractivity contribution in [3.05, 3.63) is 23.2 Å². The highest BCUT2D eigenvalue weighted by molar-refractivity contribution is 6.29. The number of nitrogens with one attached hydrogen (secondary N) is 1. The van der Waals surface area contributed by atoms with Crippen LogP contribution in [0.25, 0.3) is 0 Å². The fraction of sp³-hybridized carbons (Fsp3) is 0.375. The summed E-state index contributed by atoms with van der Waals surface area (Å²) in [5, 5.41) is 2.92. The second-order valence-electron chi connectivity index (χ2n) is 2.62. The molecule has 0 radical (unpaired) electrons. The van der Waals surface area contributed by atoms with Gasteiger partial charge in [-0.1, -0.05) is 11.6 Å². The number of aromatic nitrogens is 2. The van der Waals surface area contributed by atoms with E-state index in [4.69, 9.17) is 17.3 Å². The zero-order valence-electron chi connectivity index (χ0n) is 7.53. The van der Waals surface area contributed by atoms with E-state index in [1.807, 2.05) is 0 Å². The van der Waals surface area contributed by atoms with Crippen molar-refractivity contribution in [3.63, 3.8) is 0 Å². The van der Waals surface area contributed by atoms with Crippen LogP contribution in [0, 0.1) is 0 Å². The average Bonchev–Trinajstić information content (AvgIpc) is 2.19. The number of hydrogen-bond donors (Lipinski definition) is 2. The van der Waals surface area contributed by atoms with E-state index >= 15 is 0 Å². The molecule has 6 heteroatoms. The van der Waals surface area contributed by atoms with E-state index in [9.17, 15) is 4.79 Å². The van der Waals surface area contributed by atoms with Gasteiger partial charge in [-0.3, -0.25) is 4.79 Å². The van der Waals surface area contributed by atoms with Crippen LogP contribution in [0.5, 0.6) is 0 Å². The van der Waals surface area contributed by atoms with Gasteiger partial charge >= 0.3 is 0 Å². The molecule has 14 heavy (non-hydrogen) atoms. The lowest BCUT2D eigenvalue weighted by Gasteiger charge is -2.02. The first-order valence-corrected chi connectivity index (χ1v) is 4.57. The minimum atomic E-state index is -0.261. The molecule has 0 atom stereocenters. The van der Waals surface area contributed by atoms with Crippen molar-refractivity contribution in [1.82, 2.24) is 15.3 Å². The Morgan fingerprint density at radius 1 is 1.50 bits per heavy atom. The first-order valence-electron chi connectivity index (χ1n) is 4.20. The minimum absolute atomic E-state index is 0.256. The fourth-order valence-electron chi connectivity index (χ4n) is 0.824. The van der Waals surface area contributed by atoms with Gasteiger partial charge in [-0.15, -0.1) is 0 Å². The van der Waals surface area contributed by atoms with E-state index in [-0.39, 0.29) is 16.8 Å². The normalized spacial score (nSPS) is 9.86. The minimum Gasteiger partial charge on any atom is -0.351 e. The van der Waals surface area contributed by atoms with Crippen molar-refractivity contribution in [3.8, 4) is 0 Å². The summed E-state index contributed by atoms with van der Waals surface area (Å²) in [5.41, 5.74) is 5.53. The van der Waals surface area contributed by atoms with Crippen LogP contribution in [0.2, 0.25) is 5.15 Å². The second-order valence-corrected chi connectivity index (χ2v) is 3.01. The Balaban J connectivity index is 2.48. The largest absolute Gasteiger partial charge is 0.351 e. The van der Waals surface area contributed by atoms with E-state index in [0.717, 1.165) is 6.42 Å². The Labute approximate surface area is 86.7 Å². The van der Waals surface area contributed by atoms with Gasteiger partial charge in [0.2, 0.25) is 0 Å². The molecule has 0 fully saturated rings. The molecule has 0 saturated carbocycles. The molecular formula is C8H11ClN4O. The summed E-state index contributed by atoms with van der Waals surface area (Å²) in [5.74, 6) is -0.261. The summed E-state index contributed by atoms with van der Waals surface area (Å²) in [6.07, 6.45) is 3.41. The molecule has 0 aliphatic heterocycles. The van der Waals surface area contributed by atoms with Crippen LogP contribution in [-0.4, -0.2) is 29.0 Å². The van der Waals surface area contributed by atoms with Gasteiger partial charge in [0.15, 0.2) is 0 Å². The number of rotatable bonds is 4. The van der Waals surface area contributed by atoms with Gasteiger partial charge in [-0.2, -0.15) is 0 Å². The van der Waals surface area contributed by atoms with E-state index in [1.54, 1.807) is 0 Å². The van der Waals surface area contributed by atoms with Crippen LogP contribution in [0.1, 0.15) is 16.9 Å². The van der Waals surface area contributed by atoms with Gasteiger partial charge in [0.1, 0.15) is 10.8 Å². The Hall–Kier alpha value is -1.20. The standard InChI is InChI=1S/C8H11ClN4O/c9-7-5-12-6(4-13-7)8(14)11-3-1-2-10/h4-5H,1-3,10H2,(H,11,14). The number of carbonyl (C=O) groups excluding carboxylic acids is 1. The third kappa shape index (κ3) is 3.27. The topological polar surface area (TPSA) is 80.9 Å². The van der Waals surface area contributed by atoms with Crippen LogP contribution in [0.15, 0.2) is 12.4 Å². The summed E-state index contributed by atoms with van der Waals surface area (Å²) < 4.78 is 0. The smallest absolute Gasteiger partial charge is 0.271 e. The maximum atomic E-state index is 11.3. The summed E-state index contributed by atoms with van der Waals surface area (Å²) in [6.45, 7) is 1.09. The maximum absolute atomic E-state index is 11.3. The molecule has 5 nitrogen and oxygen atoms in total. The molecule has 1 rings (SSSR count). The predicted octanol–water partition coefficient (Wildman–Crippen LogP) is 0.209. The molecule has 0 spiro atoms. The Kier molecular flexibility index (Phi) is 4.28. The molecule has 0 aliphatic carbocycles. The predicted molar refractivity (Wildman–Crippen MR) is 53.0 cm³/mol. The fourth-order valence-corrected chi connectivity index (χ4v) is 0.922. The van der Waals surface area contributed by atoms with Gasteiger partial charge in [-0.05, 0) is 13.0 Å². The van der Waals surface area contributed by atoms with Gasteiger partial charge in [0, 0.05) is 6.54 Å².